The van der Waals surface area contributed by atoms with E-state index in [4.69, 9.17) is 9.84 Å². The summed E-state index contributed by atoms with van der Waals surface area (Å²) >= 11 is 0. The molecule has 23 heavy (non-hydrogen) atoms. The van der Waals surface area contributed by atoms with Crippen molar-refractivity contribution in [3.05, 3.63) is 53.3 Å². The fourth-order valence-corrected chi connectivity index (χ4v) is 3.35. The molecule has 0 saturated heterocycles. The van der Waals surface area contributed by atoms with Crippen molar-refractivity contribution in [3.63, 3.8) is 0 Å². The first-order chi connectivity index (χ1) is 10.8. The second-order valence-corrected chi connectivity index (χ2v) is 6.36. The highest BCUT2D eigenvalue weighted by atomic mass is 32.2. The quantitative estimate of drug-likeness (QED) is 0.873. The molecule has 0 aromatic heterocycles. The average molecular weight is 339 g/mol. The number of anilines is 1. The van der Waals surface area contributed by atoms with Crippen molar-refractivity contribution in [2.75, 3.05) is 11.8 Å². The van der Waals surface area contributed by atoms with Gasteiger partial charge in [0.15, 0.2) is 5.82 Å². The maximum absolute atomic E-state index is 13.9. The lowest BCUT2D eigenvalue weighted by Crippen LogP contribution is -2.16. The molecule has 0 atom stereocenters. The van der Waals surface area contributed by atoms with Crippen molar-refractivity contribution < 1.29 is 27.4 Å². The van der Waals surface area contributed by atoms with E-state index >= 15 is 0 Å². The van der Waals surface area contributed by atoms with Crippen LogP contribution < -0.4 is 9.46 Å². The van der Waals surface area contributed by atoms with Gasteiger partial charge in [0.05, 0.1) is 17.6 Å². The molecule has 2 aromatic rings. The van der Waals surface area contributed by atoms with Crippen LogP contribution in [0.5, 0.6) is 5.75 Å². The Kier molecular flexibility index (Phi) is 4.55. The number of carboxylic acids is 1. The van der Waals surface area contributed by atoms with Gasteiger partial charge in [-0.05, 0) is 42.8 Å². The van der Waals surface area contributed by atoms with Crippen LogP contribution in [-0.2, 0) is 10.0 Å². The highest BCUT2D eigenvalue weighted by Crippen LogP contribution is 2.30. The number of hydrogen-bond donors (Lipinski definition) is 2. The number of hydrogen-bond acceptors (Lipinski definition) is 4. The van der Waals surface area contributed by atoms with Gasteiger partial charge in [-0.15, -0.1) is 0 Å². The fourth-order valence-electron chi connectivity index (χ4n) is 2.05. The Bertz CT molecular complexity index is 864. The molecule has 2 aromatic carbocycles. The van der Waals surface area contributed by atoms with Crippen LogP contribution in [0.15, 0.2) is 41.3 Å². The zero-order valence-electron chi connectivity index (χ0n) is 12.3. The SMILES string of the molecule is COc1cccc(F)c1NS(=O)(=O)c1ccc(C(=O)O)cc1C. The Balaban J connectivity index is 2.46. The lowest BCUT2D eigenvalue weighted by atomic mass is 10.1. The summed E-state index contributed by atoms with van der Waals surface area (Å²) in [5, 5.41) is 8.91. The molecule has 122 valence electrons. The van der Waals surface area contributed by atoms with Gasteiger partial charge < -0.3 is 9.84 Å². The second kappa shape index (κ2) is 6.25. The summed E-state index contributed by atoms with van der Waals surface area (Å²) in [6.07, 6.45) is 0. The molecule has 0 aliphatic carbocycles. The molecule has 0 unspecified atom stereocenters. The number of nitrogens with one attached hydrogen (secondary N) is 1. The number of halogens is 1. The molecule has 0 fully saturated rings. The van der Waals surface area contributed by atoms with E-state index < -0.39 is 21.8 Å². The van der Waals surface area contributed by atoms with Crippen molar-refractivity contribution in [1.82, 2.24) is 0 Å². The molecule has 0 aliphatic heterocycles. The average Bonchev–Trinajstić information content (AvgIpc) is 2.48. The normalized spacial score (nSPS) is 11.1. The van der Waals surface area contributed by atoms with Gasteiger partial charge in [-0.2, -0.15) is 0 Å². The second-order valence-electron chi connectivity index (χ2n) is 4.71. The molecule has 2 rings (SSSR count). The number of methoxy groups -OCH3 is 1. The number of rotatable bonds is 5. The van der Waals surface area contributed by atoms with Crippen LogP contribution in [0.25, 0.3) is 0 Å². The Morgan fingerprint density at radius 1 is 1.26 bits per heavy atom. The fraction of sp³-hybridized carbons (Fsp3) is 0.133. The van der Waals surface area contributed by atoms with Gasteiger partial charge >= 0.3 is 5.97 Å². The summed E-state index contributed by atoms with van der Waals surface area (Å²) in [5.74, 6) is -1.91. The van der Waals surface area contributed by atoms with E-state index in [2.05, 4.69) is 4.72 Å². The van der Waals surface area contributed by atoms with Crippen LogP contribution >= 0.6 is 0 Å². The molecule has 6 nitrogen and oxygen atoms in total. The molecule has 0 radical (unpaired) electrons. The predicted octanol–water partition coefficient (Wildman–Crippen LogP) is 2.64. The van der Waals surface area contributed by atoms with Gasteiger partial charge in [0, 0.05) is 0 Å². The van der Waals surface area contributed by atoms with Gasteiger partial charge in [-0.3, -0.25) is 4.72 Å². The third-order valence-electron chi connectivity index (χ3n) is 3.14. The largest absolute Gasteiger partial charge is 0.494 e. The van der Waals surface area contributed by atoms with Gasteiger partial charge in [-0.25, -0.2) is 17.6 Å². The summed E-state index contributed by atoms with van der Waals surface area (Å²) < 4.78 is 45.8. The molecule has 0 bridgehead atoms. The first kappa shape index (κ1) is 16.8. The van der Waals surface area contributed by atoms with Crippen LogP contribution in [-0.4, -0.2) is 26.6 Å². The van der Waals surface area contributed by atoms with Gasteiger partial charge in [0.1, 0.15) is 11.4 Å². The zero-order chi connectivity index (χ0) is 17.2. The van der Waals surface area contributed by atoms with Crippen molar-refractivity contribution in [2.24, 2.45) is 0 Å². The number of carbonyl (C=O) groups is 1. The van der Waals surface area contributed by atoms with Crippen molar-refractivity contribution in [3.8, 4) is 5.75 Å². The molecule has 8 heteroatoms. The Morgan fingerprint density at radius 2 is 1.96 bits per heavy atom. The third kappa shape index (κ3) is 3.42. The monoisotopic (exact) mass is 339 g/mol. The number of ether oxygens (including phenoxy) is 1. The summed E-state index contributed by atoms with van der Waals surface area (Å²) in [5.41, 5.74) is -0.116. The summed E-state index contributed by atoms with van der Waals surface area (Å²) in [7, 11) is -2.81. The summed E-state index contributed by atoms with van der Waals surface area (Å²) in [6.45, 7) is 1.46. The van der Waals surface area contributed by atoms with E-state index in [1.807, 2.05) is 0 Å². The minimum atomic E-state index is -4.10. The third-order valence-corrected chi connectivity index (χ3v) is 4.65. The molecule has 0 spiro atoms. The maximum Gasteiger partial charge on any atom is 0.335 e. The first-order valence-electron chi connectivity index (χ1n) is 6.45. The van der Waals surface area contributed by atoms with E-state index in [0.29, 0.717) is 0 Å². The molecule has 2 N–H and O–H groups in total. The highest BCUT2D eigenvalue weighted by molar-refractivity contribution is 7.92. The predicted molar refractivity (Wildman–Crippen MR) is 81.9 cm³/mol. The summed E-state index contributed by atoms with van der Waals surface area (Å²) in [6, 6.07) is 7.47. The highest BCUT2D eigenvalue weighted by Gasteiger charge is 2.22. The van der Waals surface area contributed by atoms with E-state index in [9.17, 15) is 17.6 Å². The maximum atomic E-state index is 13.9. The molecule has 0 saturated carbocycles. The van der Waals surface area contributed by atoms with Gasteiger partial charge in [-0.1, -0.05) is 6.07 Å². The van der Waals surface area contributed by atoms with Crippen LogP contribution in [0, 0.1) is 12.7 Å². The smallest absolute Gasteiger partial charge is 0.335 e. The van der Waals surface area contributed by atoms with E-state index in [1.165, 1.54) is 38.3 Å². The first-order valence-corrected chi connectivity index (χ1v) is 7.94. The zero-order valence-corrected chi connectivity index (χ0v) is 13.1. The van der Waals surface area contributed by atoms with Crippen LogP contribution in [0.3, 0.4) is 0 Å². The Labute approximate surface area is 132 Å². The van der Waals surface area contributed by atoms with Crippen molar-refractivity contribution >= 4 is 21.7 Å². The molecule has 0 aliphatic rings. The van der Waals surface area contributed by atoms with E-state index in [0.717, 1.165) is 12.1 Å². The topological polar surface area (TPSA) is 92.7 Å². The molecule has 0 amide bonds. The van der Waals surface area contributed by atoms with Crippen molar-refractivity contribution in [2.45, 2.75) is 11.8 Å². The molecular formula is C15H14FNO5S. The van der Waals surface area contributed by atoms with Crippen LogP contribution in [0.4, 0.5) is 10.1 Å². The van der Waals surface area contributed by atoms with Gasteiger partial charge in [0.2, 0.25) is 0 Å². The number of sulfonamides is 1. The number of aromatic carboxylic acids is 1. The van der Waals surface area contributed by atoms with E-state index in [-0.39, 0.29) is 27.5 Å². The standard InChI is InChI=1S/C15H14FNO5S/c1-9-8-10(15(18)19)6-7-13(9)23(20,21)17-14-11(16)4-3-5-12(14)22-2/h3-8,17H,1-2H3,(H,18,19). The lowest BCUT2D eigenvalue weighted by molar-refractivity contribution is 0.0696. The Morgan fingerprint density at radius 3 is 2.52 bits per heavy atom. The number of benzene rings is 2. The number of carboxylic acid groups (broad SMARTS) is 1. The minimum Gasteiger partial charge on any atom is -0.494 e. The lowest BCUT2D eigenvalue weighted by Gasteiger charge is -2.14. The molecular weight excluding hydrogens is 325 g/mol. The number of aryl methyl sites for hydroxylation is 1. The summed E-state index contributed by atoms with van der Waals surface area (Å²) in [4.78, 5) is 10.8. The van der Waals surface area contributed by atoms with Gasteiger partial charge in [0.25, 0.3) is 10.0 Å². The van der Waals surface area contributed by atoms with E-state index in [1.54, 1.807) is 0 Å². The van der Waals surface area contributed by atoms with Crippen LogP contribution in [0.2, 0.25) is 0 Å². The minimum absolute atomic E-state index is 0.0355. The number of para-hydroxylation sites is 1. The molecule has 0 heterocycles. The van der Waals surface area contributed by atoms with Crippen LogP contribution in [0.1, 0.15) is 15.9 Å². The Hall–Kier alpha value is -2.61. The van der Waals surface area contributed by atoms with Crippen molar-refractivity contribution in [1.29, 1.82) is 0 Å².